The second-order valence-corrected chi connectivity index (χ2v) is 3.61. The molecule has 17 heavy (non-hydrogen) atoms. The lowest BCUT2D eigenvalue weighted by molar-refractivity contribution is 0.452. The molecular formula is C16H25N. The Morgan fingerprint density at radius 2 is 1.82 bits per heavy atom. The standard InChI is InChI=1S/C14H19N.C2H6/c1-4-13(2)15(3)12-8-11-14-9-6-5-7-10-14;1-2/h5-11H,2,4,12H2,1,3H3;1-2H3/b11-8+;. The largest absolute Gasteiger partial charge is 0.375 e. The van der Waals surface area contributed by atoms with Crippen molar-refractivity contribution < 1.29 is 0 Å². The highest BCUT2D eigenvalue weighted by molar-refractivity contribution is 5.48. The van der Waals surface area contributed by atoms with Gasteiger partial charge >= 0.3 is 0 Å². The highest BCUT2D eigenvalue weighted by Crippen LogP contribution is 2.04. The average Bonchev–Trinajstić information content (AvgIpc) is 2.41. The first-order chi connectivity index (χ1) is 8.24. The van der Waals surface area contributed by atoms with E-state index in [0.717, 1.165) is 13.0 Å². The van der Waals surface area contributed by atoms with Gasteiger partial charge in [0.1, 0.15) is 0 Å². The maximum absolute atomic E-state index is 3.99. The molecule has 0 heterocycles. The van der Waals surface area contributed by atoms with E-state index in [1.807, 2.05) is 32.0 Å². The van der Waals surface area contributed by atoms with E-state index < -0.39 is 0 Å². The molecule has 1 heteroatoms. The molecule has 1 nitrogen and oxygen atoms in total. The van der Waals surface area contributed by atoms with E-state index in [9.17, 15) is 0 Å². The minimum absolute atomic E-state index is 0.918. The Bertz CT molecular complexity index is 325. The molecule has 1 rings (SSSR count). The van der Waals surface area contributed by atoms with Gasteiger partial charge in [0.2, 0.25) is 0 Å². The van der Waals surface area contributed by atoms with Gasteiger partial charge in [-0.2, -0.15) is 0 Å². The first-order valence-corrected chi connectivity index (χ1v) is 6.34. The van der Waals surface area contributed by atoms with Crippen LogP contribution in [0.15, 0.2) is 48.7 Å². The monoisotopic (exact) mass is 231 g/mol. The molecule has 0 aliphatic carbocycles. The fourth-order valence-corrected chi connectivity index (χ4v) is 1.31. The van der Waals surface area contributed by atoms with Gasteiger partial charge in [0.15, 0.2) is 0 Å². The highest BCUT2D eigenvalue weighted by atomic mass is 15.1. The first kappa shape index (κ1) is 15.5. The Hall–Kier alpha value is -1.50. The molecule has 0 unspecified atom stereocenters. The molecule has 0 amide bonds. The minimum atomic E-state index is 0.918. The van der Waals surface area contributed by atoms with Crippen molar-refractivity contribution in [2.24, 2.45) is 0 Å². The van der Waals surface area contributed by atoms with Gasteiger partial charge in [0, 0.05) is 19.3 Å². The van der Waals surface area contributed by atoms with Crippen molar-refractivity contribution in [1.82, 2.24) is 4.90 Å². The van der Waals surface area contributed by atoms with Crippen molar-refractivity contribution in [2.75, 3.05) is 13.6 Å². The van der Waals surface area contributed by atoms with Crippen LogP contribution in [0.2, 0.25) is 0 Å². The summed E-state index contributed by atoms with van der Waals surface area (Å²) in [5.41, 5.74) is 2.42. The molecule has 0 bridgehead atoms. The smallest absolute Gasteiger partial charge is 0.0356 e. The van der Waals surface area contributed by atoms with E-state index in [-0.39, 0.29) is 0 Å². The summed E-state index contributed by atoms with van der Waals surface area (Å²) < 4.78 is 0. The van der Waals surface area contributed by atoms with Crippen LogP contribution < -0.4 is 0 Å². The second-order valence-electron chi connectivity index (χ2n) is 3.61. The summed E-state index contributed by atoms with van der Waals surface area (Å²) in [4.78, 5) is 2.17. The van der Waals surface area contributed by atoms with Gasteiger partial charge in [-0.05, 0) is 12.0 Å². The average molecular weight is 231 g/mol. The van der Waals surface area contributed by atoms with Crippen LogP contribution in [0.25, 0.3) is 6.08 Å². The van der Waals surface area contributed by atoms with Gasteiger partial charge < -0.3 is 4.90 Å². The summed E-state index contributed by atoms with van der Waals surface area (Å²) in [5, 5.41) is 0. The Morgan fingerprint density at radius 1 is 1.24 bits per heavy atom. The van der Waals surface area contributed by atoms with Crippen LogP contribution in [-0.4, -0.2) is 18.5 Å². The molecule has 0 radical (unpaired) electrons. The Kier molecular flexibility index (Phi) is 8.85. The summed E-state index contributed by atoms with van der Waals surface area (Å²) in [6.45, 7) is 11.0. The van der Waals surface area contributed by atoms with Crippen molar-refractivity contribution in [3.63, 3.8) is 0 Å². The van der Waals surface area contributed by atoms with Gasteiger partial charge in [0.05, 0.1) is 0 Å². The SMILES string of the molecule is C=C(CC)N(C)C/C=C/c1ccccc1.CC. The van der Waals surface area contributed by atoms with Crippen LogP contribution in [-0.2, 0) is 0 Å². The van der Waals surface area contributed by atoms with Crippen molar-refractivity contribution in [3.8, 4) is 0 Å². The first-order valence-electron chi connectivity index (χ1n) is 6.34. The van der Waals surface area contributed by atoms with E-state index in [4.69, 9.17) is 0 Å². The maximum Gasteiger partial charge on any atom is 0.0356 e. The van der Waals surface area contributed by atoms with Gasteiger partial charge in [-0.15, -0.1) is 0 Å². The molecule has 0 spiro atoms. The lowest BCUT2D eigenvalue weighted by Crippen LogP contribution is -2.16. The van der Waals surface area contributed by atoms with E-state index in [1.165, 1.54) is 11.3 Å². The molecule has 0 atom stereocenters. The van der Waals surface area contributed by atoms with Crippen LogP contribution in [0.1, 0.15) is 32.8 Å². The third-order valence-corrected chi connectivity index (χ3v) is 2.44. The Morgan fingerprint density at radius 3 is 2.35 bits per heavy atom. The molecule has 1 aromatic rings. The van der Waals surface area contributed by atoms with Crippen molar-refractivity contribution >= 4 is 6.08 Å². The predicted octanol–water partition coefficient (Wildman–Crippen LogP) is 4.58. The fourth-order valence-electron chi connectivity index (χ4n) is 1.31. The van der Waals surface area contributed by atoms with Gasteiger partial charge in [-0.25, -0.2) is 0 Å². The zero-order valence-corrected chi connectivity index (χ0v) is 11.6. The molecule has 0 aliphatic heterocycles. The summed E-state index contributed by atoms with van der Waals surface area (Å²) in [5.74, 6) is 0. The van der Waals surface area contributed by atoms with Crippen molar-refractivity contribution in [1.29, 1.82) is 0 Å². The highest BCUT2D eigenvalue weighted by Gasteiger charge is 1.95. The molecular weight excluding hydrogens is 206 g/mol. The second kappa shape index (κ2) is 9.71. The summed E-state index contributed by atoms with van der Waals surface area (Å²) >= 11 is 0. The van der Waals surface area contributed by atoms with Gasteiger partial charge in [0.25, 0.3) is 0 Å². The lowest BCUT2D eigenvalue weighted by Gasteiger charge is -2.18. The van der Waals surface area contributed by atoms with Crippen molar-refractivity contribution in [2.45, 2.75) is 27.2 Å². The molecule has 1 aromatic carbocycles. The van der Waals surface area contributed by atoms with Gasteiger partial charge in [-0.3, -0.25) is 0 Å². The van der Waals surface area contributed by atoms with Gasteiger partial charge in [-0.1, -0.05) is 69.8 Å². The molecule has 0 saturated heterocycles. The minimum Gasteiger partial charge on any atom is -0.375 e. The number of rotatable bonds is 5. The summed E-state index contributed by atoms with van der Waals surface area (Å²) in [6, 6.07) is 10.3. The lowest BCUT2D eigenvalue weighted by atomic mass is 10.2. The number of hydrogen-bond donors (Lipinski definition) is 0. The third kappa shape index (κ3) is 6.62. The zero-order valence-electron chi connectivity index (χ0n) is 11.6. The van der Waals surface area contributed by atoms with E-state index in [0.29, 0.717) is 0 Å². The quantitative estimate of drug-likeness (QED) is 0.717. The molecule has 0 saturated carbocycles. The number of benzene rings is 1. The number of allylic oxidation sites excluding steroid dienone is 1. The fraction of sp³-hybridized carbons (Fsp3) is 0.375. The molecule has 0 fully saturated rings. The van der Waals surface area contributed by atoms with E-state index in [1.54, 1.807) is 0 Å². The third-order valence-electron chi connectivity index (χ3n) is 2.44. The Balaban J connectivity index is 0.00000121. The summed E-state index contributed by atoms with van der Waals surface area (Å²) in [6.07, 6.45) is 5.31. The summed E-state index contributed by atoms with van der Waals surface area (Å²) in [7, 11) is 2.07. The predicted molar refractivity (Wildman–Crippen MR) is 78.9 cm³/mol. The van der Waals surface area contributed by atoms with Crippen LogP contribution in [0, 0.1) is 0 Å². The van der Waals surface area contributed by atoms with E-state index >= 15 is 0 Å². The van der Waals surface area contributed by atoms with Crippen LogP contribution in [0.3, 0.4) is 0 Å². The molecule has 0 N–H and O–H groups in total. The topological polar surface area (TPSA) is 3.24 Å². The molecule has 94 valence electrons. The zero-order chi connectivity index (χ0) is 13.1. The molecule has 0 aromatic heterocycles. The van der Waals surface area contributed by atoms with E-state index in [2.05, 4.69) is 49.7 Å². The number of nitrogens with zero attached hydrogens (tertiary/aromatic N) is 1. The van der Waals surface area contributed by atoms with Crippen LogP contribution >= 0.6 is 0 Å². The van der Waals surface area contributed by atoms with Crippen LogP contribution in [0.5, 0.6) is 0 Å². The Labute approximate surface area is 106 Å². The number of hydrogen-bond acceptors (Lipinski definition) is 1. The normalized spacial score (nSPS) is 9.65. The van der Waals surface area contributed by atoms with Crippen LogP contribution in [0.4, 0.5) is 0 Å². The van der Waals surface area contributed by atoms with Crippen molar-refractivity contribution in [3.05, 3.63) is 54.2 Å². The number of likely N-dealkylation sites (N-methyl/N-ethyl adjacent to an activating group) is 1. The maximum atomic E-state index is 3.99. The molecule has 0 aliphatic rings.